The summed E-state index contributed by atoms with van der Waals surface area (Å²) in [5.41, 5.74) is 8.48. The molecule has 55 heavy (non-hydrogen) atoms. The van der Waals surface area contributed by atoms with Gasteiger partial charge in [-0.05, 0) is 129 Å². The van der Waals surface area contributed by atoms with Gasteiger partial charge in [0.15, 0.2) is 0 Å². The lowest BCUT2D eigenvalue weighted by molar-refractivity contribution is 1.18. The topological polar surface area (TPSA) is 4.93 Å². The average molecular weight is 696 g/mol. The third kappa shape index (κ3) is 4.48. The van der Waals surface area contributed by atoms with E-state index < -0.39 is 0 Å². The van der Waals surface area contributed by atoms with E-state index >= 15 is 0 Å². The zero-order valence-corrected chi connectivity index (χ0v) is 30.0. The number of hydrogen-bond acceptors (Lipinski definition) is 0. The van der Waals surface area contributed by atoms with Crippen LogP contribution >= 0.6 is 0 Å². The van der Waals surface area contributed by atoms with E-state index in [4.69, 9.17) is 0 Å². The van der Waals surface area contributed by atoms with Crippen LogP contribution in [0, 0.1) is 0 Å². The lowest BCUT2D eigenvalue weighted by Crippen LogP contribution is -1.93. The van der Waals surface area contributed by atoms with Crippen LogP contribution < -0.4 is 0 Å². The highest BCUT2D eigenvalue weighted by Crippen LogP contribution is 2.46. The van der Waals surface area contributed by atoms with Crippen molar-refractivity contribution in [3.05, 3.63) is 200 Å². The summed E-state index contributed by atoms with van der Waals surface area (Å²) in [6.45, 7) is 0. The summed E-state index contributed by atoms with van der Waals surface area (Å²) in [5.74, 6) is 0. The maximum atomic E-state index is 2.46. The fraction of sp³-hybridized carbons (Fsp3) is 0. The molecule has 0 aliphatic heterocycles. The van der Waals surface area contributed by atoms with Gasteiger partial charge < -0.3 is 4.57 Å². The molecule has 11 aromatic carbocycles. The molecule has 12 rings (SSSR count). The van der Waals surface area contributed by atoms with Crippen LogP contribution in [0.1, 0.15) is 0 Å². The standard InChI is InChI=1S/C54H33N/c1-2-14-40(15-3-1)55-51-21-11-10-18-44(51)45-28-25-39(33-52(45)55)38-24-27-43-49-31-37(36-23-22-34-12-4-5-13-35(34)30-36)26-29-48(49)53-46-19-8-6-16-41(46)42-17-7-9-20-47(42)54(53)50(43)32-38/h1-33H. The molecule has 0 aliphatic carbocycles. The molecule has 1 nitrogen and oxygen atoms in total. The van der Waals surface area contributed by atoms with Crippen LogP contribution in [0.15, 0.2) is 200 Å². The first-order valence-corrected chi connectivity index (χ1v) is 19.1. The van der Waals surface area contributed by atoms with Crippen LogP contribution in [0.5, 0.6) is 0 Å². The maximum absolute atomic E-state index is 2.46. The third-order valence-electron chi connectivity index (χ3n) is 11.9. The first kappa shape index (κ1) is 30.3. The van der Waals surface area contributed by atoms with Crippen molar-refractivity contribution in [3.8, 4) is 27.9 Å². The van der Waals surface area contributed by atoms with Gasteiger partial charge in [0.1, 0.15) is 0 Å². The maximum Gasteiger partial charge on any atom is 0.0547 e. The second kappa shape index (κ2) is 11.6. The average Bonchev–Trinajstić information content (AvgIpc) is 3.59. The summed E-state index contributed by atoms with van der Waals surface area (Å²) in [6.07, 6.45) is 0. The number of nitrogens with zero attached hydrogens (tertiary/aromatic N) is 1. The number of aromatic nitrogens is 1. The molecule has 12 aromatic rings. The molecule has 1 heterocycles. The van der Waals surface area contributed by atoms with Crippen LogP contribution in [0.2, 0.25) is 0 Å². The minimum absolute atomic E-state index is 1.17. The minimum atomic E-state index is 1.17. The van der Waals surface area contributed by atoms with Gasteiger partial charge in [-0.1, -0.05) is 158 Å². The Hall–Kier alpha value is -7.22. The summed E-state index contributed by atoms with van der Waals surface area (Å²) in [5, 5.41) is 18.0. The Kier molecular flexibility index (Phi) is 6.40. The zero-order chi connectivity index (χ0) is 36.0. The van der Waals surface area contributed by atoms with Crippen molar-refractivity contribution >= 4 is 86.4 Å². The van der Waals surface area contributed by atoms with E-state index in [9.17, 15) is 0 Å². The van der Waals surface area contributed by atoms with Gasteiger partial charge in [0, 0.05) is 16.5 Å². The Morgan fingerprint density at radius 2 is 0.691 bits per heavy atom. The van der Waals surface area contributed by atoms with Gasteiger partial charge in [-0.15, -0.1) is 0 Å². The highest BCUT2D eigenvalue weighted by Gasteiger charge is 2.18. The van der Waals surface area contributed by atoms with Crippen molar-refractivity contribution in [3.63, 3.8) is 0 Å². The Balaban J connectivity index is 1.18. The van der Waals surface area contributed by atoms with Gasteiger partial charge in [-0.3, -0.25) is 0 Å². The Bertz CT molecular complexity index is 3530. The molecule has 0 bridgehead atoms. The Morgan fingerprint density at radius 1 is 0.236 bits per heavy atom. The normalized spacial score (nSPS) is 12.0. The number of fused-ring (bicyclic) bond motifs is 15. The van der Waals surface area contributed by atoms with E-state index in [1.807, 2.05) is 0 Å². The van der Waals surface area contributed by atoms with E-state index in [0.717, 1.165) is 0 Å². The molecule has 0 aliphatic rings. The van der Waals surface area contributed by atoms with Gasteiger partial charge in [-0.2, -0.15) is 0 Å². The zero-order valence-electron chi connectivity index (χ0n) is 30.0. The number of benzene rings is 11. The largest absolute Gasteiger partial charge is 0.309 e. The third-order valence-corrected chi connectivity index (χ3v) is 11.9. The molecule has 0 spiro atoms. The monoisotopic (exact) mass is 695 g/mol. The molecule has 0 radical (unpaired) electrons. The predicted octanol–water partition coefficient (Wildman–Crippen LogP) is 15.0. The lowest BCUT2D eigenvalue weighted by atomic mass is 9.85. The summed E-state index contributed by atoms with van der Waals surface area (Å²) in [4.78, 5) is 0. The summed E-state index contributed by atoms with van der Waals surface area (Å²) in [7, 11) is 0. The molecule has 0 atom stereocenters. The fourth-order valence-electron chi connectivity index (χ4n) is 9.41. The molecule has 0 amide bonds. The van der Waals surface area contributed by atoms with Crippen molar-refractivity contribution in [2.45, 2.75) is 0 Å². The number of hydrogen-bond donors (Lipinski definition) is 0. The highest BCUT2D eigenvalue weighted by atomic mass is 15.0. The molecule has 0 unspecified atom stereocenters. The van der Waals surface area contributed by atoms with Crippen molar-refractivity contribution in [2.24, 2.45) is 0 Å². The van der Waals surface area contributed by atoms with E-state index in [1.54, 1.807) is 0 Å². The second-order valence-electron chi connectivity index (χ2n) is 14.8. The Morgan fingerprint density at radius 3 is 1.44 bits per heavy atom. The molecular weight excluding hydrogens is 663 g/mol. The van der Waals surface area contributed by atoms with Crippen molar-refractivity contribution in [1.82, 2.24) is 4.57 Å². The van der Waals surface area contributed by atoms with Gasteiger partial charge >= 0.3 is 0 Å². The molecule has 0 N–H and O–H groups in total. The van der Waals surface area contributed by atoms with Crippen LogP contribution in [0.25, 0.3) is 114 Å². The minimum Gasteiger partial charge on any atom is -0.309 e. The van der Waals surface area contributed by atoms with Crippen molar-refractivity contribution in [2.75, 3.05) is 0 Å². The number of rotatable bonds is 3. The van der Waals surface area contributed by atoms with Gasteiger partial charge in [0.25, 0.3) is 0 Å². The van der Waals surface area contributed by atoms with Crippen molar-refractivity contribution in [1.29, 1.82) is 0 Å². The molecule has 0 fully saturated rings. The first-order chi connectivity index (χ1) is 27.3. The van der Waals surface area contributed by atoms with Gasteiger partial charge in [0.05, 0.1) is 11.0 Å². The molecule has 254 valence electrons. The molecule has 0 saturated carbocycles. The van der Waals surface area contributed by atoms with E-state index in [-0.39, 0.29) is 0 Å². The summed E-state index contributed by atoms with van der Waals surface area (Å²) < 4.78 is 2.41. The summed E-state index contributed by atoms with van der Waals surface area (Å²) >= 11 is 0. The fourth-order valence-corrected chi connectivity index (χ4v) is 9.41. The van der Waals surface area contributed by atoms with Crippen molar-refractivity contribution < 1.29 is 0 Å². The first-order valence-electron chi connectivity index (χ1n) is 19.1. The summed E-state index contributed by atoms with van der Waals surface area (Å²) in [6, 6.07) is 74.1. The predicted molar refractivity (Wildman–Crippen MR) is 237 cm³/mol. The van der Waals surface area contributed by atoms with Crippen LogP contribution in [-0.2, 0) is 0 Å². The highest BCUT2D eigenvalue weighted by molar-refractivity contribution is 6.39. The molecular formula is C54H33N. The van der Waals surface area contributed by atoms with Gasteiger partial charge in [0.2, 0.25) is 0 Å². The quantitative estimate of drug-likeness (QED) is 0.162. The van der Waals surface area contributed by atoms with Crippen LogP contribution in [0.4, 0.5) is 0 Å². The van der Waals surface area contributed by atoms with E-state index in [1.165, 1.54) is 114 Å². The SMILES string of the molecule is c1ccc(-n2c3ccccc3c3ccc(-c4ccc5c6cc(-c7ccc8ccccc8c7)ccc6c6c7ccccc7c7ccccc7c6c5c4)cc32)cc1. The Labute approximate surface area is 317 Å². The van der Waals surface area contributed by atoms with Crippen LogP contribution in [0.3, 0.4) is 0 Å². The smallest absolute Gasteiger partial charge is 0.0547 e. The number of para-hydroxylation sites is 2. The van der Waals surface area contributed by atoms with E-state index in [2.05, 4.69) is 205 Å². The second-order valence-corrected chi connectivity index (χ2v) is 14.8. The molecule has 0 saturated heterocycles. The molecule has 1 aromatic heterocycles. The van der Waals surface area contributed by atoms with Gasteiger partial charge in [-0.25, -0.2) is 0 Å². The lowest BCUT2D eigenvalue weighted by Gasteiger charge is -2.18. The van der Waals surface area contributed by atoms with E-state index in [0.29, 0.717) is 0 Å². The van der Waals surface area contributed by atoms with Crippen LogP contribution in [-0.4, -0.2) is 4.57 Å². The molecule has 1 heteroatoms.